The molecule has 0 radical (unpaired) electrons. The van der Waals surface area contributed by atoms with Gasteiger partial charge in [0.15, 0.2) is 0 Å². The molecule has 1 N–H and O–H groups in total. The molecular formula is C13H15FN4S. The Labute approximate surface area is 115 Å². The van der Waals surface area contributed by atoms with Gasteiger partial charge < -0.3 is 10.2 Å². The van der Waals surface area contributed by atoms with Gasteiger partial charge in [-0.2, -0.15) is 0 Å². The minimum absolute atomic E-state index is 0.174. The standard InChI is InChI=1S/C13H15FN4S/c14-11-3-1-2-10(6-11)7-12-8-15-4-5-18(12)13-9-16-17-19-13/h1-3,6,9,12,15H,4-5,7-8H2. The van der Waals surface area contributed by atoms with Crippen molar-refractivity contribution in [3.05, 3.63) is 41.8 Å². The van der Waals surface area contributed by atoms with Gasteiger partial charge in [-0.25, -0.2) is 4.39 Å². The highest BCUT2D eigenvalue weighted by atomic mass is 32.1. The van der Waals surface area contributed by atoms with Gasteiger partial charge in [0.05, 0.1) is 6.20 Å². The van der Waals surface area contributed by atoms with Crippen molar-refractivity contribution in [1.82, 2.24) is 14.9 Å². The summed E-state index contributed by atoms with van der Waals surface area (Å²) in [6.45, 7) is 2.79. The molecule has 1 atom stereocenters. The van der Waals surface area contributed by atoms with Gasteiger partial charge >= 0.3 is 0 Å². The Hall–Kier alpha value is -1.53. The third-order valence-corrected chi connectivity index (χ3v) is 4.05. The number of aromatic nitrogens is 2. The third kappa shape index (κ3) is 2.90. The lowest BCUT2D eigenvalue weighted by atomic mass is 10.0. The van der Waals surface area contributed by atoms with Crippen LogP contribution >= 0.6 is 11.5 Å². The quantitative estimate of drug-likeness (QED) is 0.928. The van der Waals surface area contributed by atoms with Crippen molar-refractivity contribution in [3.8, 4) is 0 Å². The van der Waals surface area contributed by atoms with Crippen LogP contribution in [0.5, 0.6) is 0 Å². The lowest BCUT2D eigenvalue weighted by molar-refractivity contribution is 0.475. The number of piperazine rings is 1. The zero-order valence-electron chi connectivity index (χ0n) is 10.4. The van der Waals surface area contributed by atoms with Gasteiger partial charge in [-0.15, -0.1) is 5.10 Å². The van der Waals surface area contributed by atoms with Crippen molar-refractivity contribution in [2.24, 2.45) is 0 Å². The number of nitrogens with one attached hydrogen (secondary N) is 1. The van der Waals surface area contributed by atoms with Crippen LogP contribution in [0, 0.1) is 5.82 Å². The van der Waals surface area contributed by atoms with E-state index in [1.165, 1.54) is 17.6 Å². The normalized spacial score (nSPS) is 19.6. The Kier molecular flexibility index (Phi) is 3.70. The fourth-order valence-electron chi connectivity index (χ4n) is 2.46. The lowest BCUT2D eigenvalue weighted by Gasteiger charge is -2.36. The van der Waals surface area contributed by atoms with Crippen molar-refractivity contribution < 1.29 is 4.39 Å². The maximum atomic E-state index is 13.2. The summed E-state index contributed by atoms with van der Waals surface area (Å²) in [6, 6.07) is 7.14. The number of nitrogens with zero attached hydrogens (tertiary/aromatic N) is 3. The van der Waals surface area contributed by atoms with E-state index in [4.69, 9.17) is 0 Å². The van der Waals surface area contributed by atoms with Crippen molar-refractivity contribution in [1.29, 1.82) is 0 Å². The molecule has 1 unspecified atom stereocenters. The first kappa shape index (κ1) is 12.5. The number of anilines is 1. The van der Waals surface area contributed by atoms with Crippen LogP contribution in [-0.4, -0.2) is 35.3 Å². The summed E-state index contributed by atoms with van der Waals surface area (Å²) in [5.74, 6) is -0.174. The fraction of sp³-hybridized carbons (Fsp3) is 0.385. The Bertz CT molecular complexity index is 531. The molecule has 1 aromatic heterocycles. The van der Waals surface area contributed by atoms with E-state index in [0.717, 1.165) is 36.6 Å². The minimum Gasteiger partial charge on any atom is -0.355 e. The molecular weight excluding hydrogens is 263 g/mol. The molecule has 0 spiro atoms. The first-order chi connectivity index (χ1) is 9.33. The highest BCUT2D eigenvalue weighted by Gasteiger charge is 2.24. The van der Waals surface area contributed by atoms with Gasteiger partial charge in [-0.3, -0.25) is 0 Å². The fourth-order valence-corrected chi connectivity index (χ4v) is 3.08. The minimum atomic E-state index is -0.174. The molecule has 6 heteroatoms. The first-order valence-electron chi connectivity index (χ1n) is 6.32. The predicted octanol–water partition coefficient (Wildman–Crippen LogP) is 1.70. The van der Waals surface area contributed by atoms with E-state index >= 15 is 0 Å². The summed E-state index contributed by atoms with van der Waals surface area (Å²) in [7, 11) is 0. The van der Waals surface area contributed by atoms with E-state index in [0.29, 0.717) is 6.04 Å². The zero-order chi connectivity index (χ0) is 13.1. The largest absolute Gasteiger partial charge is 0.355 e. The second-order valence-electron chi connectivity index (χ2n) is 4.64. The molecule has 100 valence electrons. The van der Waals surface area contributed by atoms with E-state index in [2.05, 4.69) is 19.8 Å². The van der Waals surface area contributed by atoms with Crippen LogP contribution in [0.25, 0.3) is 0 Å². The van der Waals surface area contributed by atoms with Crippen LogP contribution in [0.3, 0.4) is 0 Å². The average Bonchev–Trinajstić information content (AvgIpc) is 2.93. The van der Waals surface area contributed by atoms with Crippen molar-refractivity contribution in [2.75, 3.05) is 24.5 Å². The summed E-state index contributed by atoms with van der Waals surface area (Å²) >= 11 is 1.41. The number of halogens is 1. The van der Waals surface area contributed by atoms with Crippen molar-refractivity contribution in [2.45, 2.75) is 12.5 Å². The van der Waals surface area contributed by atoms with Gasteiger partial charge in [-0.05, 0) is 24.1 Å². The molecule has 1 fully saturated rings. The molecule has 19 heavy (non-hydrogen) atoms. The van der Waals surface area contributed by atoms with Gasteiger partial charge in [0.1, 0.15) is 10.8 Å². The molecule has 0 amide bonds. The topological polar surface area (TPSA) is 41.0 Å². The molecule has 0 aliphatic carbocycles. The number of rotatable bonds is 3. The molecule has 3 rings (SSSR count). The van der Waals surface area contributed by atoms with Crippen molar-refractivity contribution in [3.63, 3.8) is 0 Å². The Morgan fingerprint density at radius 2 is 2.42 bits per heavy atom. The Morgan fingerprint density at radius 3 is 3.21 bits per heavy atom. The van der Waals surface area contributed by atoms with Crippen molar-refractivity contribution >= 4 is 16.5 Å². The molecule has 2 heterocycles. The maximum absolute atomic E-state index is 13.2. The van der Waals surface area contributed by atoms with E-state index in [1.807, 2.05) is 6.07 Å². The molecule has 0 saturated carbocycles. The predicted molar refractivity (Wildman–Crippen MR) is 74.0 cm³/mol. The molecule has 1 aromatic carbocycles. The highest BCUT2D eigenvalue weighted by Crippen LogP contribution is 2.22. The van der Waals surface area contributed by atoms with E-state index in [9.17, 15) is 4.39 Å². The highest BCUT2D eigenvalue weighted by molar-refractivity contribution is 7.09. The lowest BCUT2D eigenvalue weighted by Crippen LogP contribution is -2.52. The number of hydrogen-bond acceptors (Lipinski definition) is 5. The summed E-state index contributed by atoms with van der Waals surface area (Å²) in [6.07, 6.45) is 2.62. The average molecular weight is 278 g/mol. The second-order valence-corrected chi connectivity index (χ2v) is 5.41. The maximum Gasteiger partial charge on any atom is 0.133 e. The Balaban J connectivity index is 1.77. The third-order valence-electron chi connectivity index (χ3n) is 3.34. The SMILES string of the molecule is Fc1cccc(CC2CNCCN2c2cnns2)c1. The molecule has 0 bridgehead atoms. The van der Waals surface area contributed by atoms with Crippen LogP contribution in [0.4, 0.5) is 9.39 Å². The monoisotopic (exact) mass is 278 g/mol. The smallest absolute Gasteiger partial charge is 0.133 e. The summed E-state index contributed by atoms with van der Waals surface area (Å²) in [4.78, 5) is 2.31. The molecule has 1 saturated heterocycles. The summed E-state index contributed by atoms with van der Waals surface area (Å²) in [5, 5.41) is 8.38. The summed E-state index contributed by atoms with van der Waals surface area (Å²) < 4.78 is 17.2. The van der Waals surface area contributed by atoms with Crippen LogP contribution in [0.2, 0.25) is 0 Å². The van der Waals surface area contributed by atoms with Gasteiger partial charge in [0.2, 0.25) is 0 Å². The van der Waals surface area contributed by atoms with Crippen LogP contribution < -0.4 is 10.2 Å². The Morgan fingerprint density at radius 1 is 1.47 bits per heavy atom. The molecule has 4 nitrogen and oxygen atoms in total. The van der Waals surface area contributed by atoms with Gasteiger partial charge in [-0.1, -0.05) is 16.6 Å². The van der Waals surface area contributed by atoms with Crippen LogP contribution in [0.15, 0.2) is 30.5 Å². The van der Waals surface area contributed by atoms with Crippen LogP contribution in [-0.2, 0) is 6.42 Å². The van der Waals surface area contributed by atoms with Gasteiger partial charge in [0.25, 0.3) is 0 Å². The first-order valence-corrected chi connectivity index (χ1v) is 7.09. The van der Waals surface area contributed by atoms with E-state index < -0.39 is 0 Å². The van der Waals surface area contributed by atoms with Gasteiger partial charge in [0, 0.05) is 37.2 Å². The number of benzene rings is 1. The molecule has 1 aliphatic heterocycles. The van der Waals surface area contributed by atoms with E-state index in [-0.39, 0.29) is 5.82 Å². The molecule has 1 aliphatic rings. The molecule has 2 aromatic rings. The zero-order valence-corrected chi connectivity index (χ0v) is 11.2. The number of hydrogen-bond donors (Lipinski definition) is 1. The van der Waals surface area contributed by atoms with Crippen LogP contribution in [0.1, 0.15) is 5.56 Å². The summed E-state index contributed by atoms with van der Waals surface area (Å²) in [5.41, 5.74) is 1.02. The second kappa shape index (κ2) is 5.63. The van der Waals surface area contributed by atoms with E-state index in [1.54, 1.807) is 18.3 Å².